The van der Waals surface area contributed by atoms with Crippen molar-refractivity contribution in [3.05, 3.63) is 76.9 Å². The van der Waals surface area contributed by atoms with Crippen LogP contribution >= 0.6 is 11.3 Å². The molecule has 0 spiro atoms. The average Bonchev–Trinajstić information content (AvgIpc) is 3.11. The summed E-state index contributed by atoms with van der Waals surface area (Å²) >= 11 is 1.39. The topological polar surface area (TPSA) is 38.3 Å². The van der Waals surface area contributed by atoms with Gasteiger partial charge in [0.25, 0.3) is 5.91 Å². The van der Waals surface area contributed by atoms with Crippen molar-refractivity contribution in [2.24, 2.45) is 0 Å². The van der Waals surface area contributed by atoms with E-state index >= 15 is 0 Å². The SMILES string of the molecule is COc1ccc(CNC(=O)c2ccc(-c3ccc(F)cc3)s2)cc1. The van der Waals surface area contributed by atoms with Crippen LogP contribution in [0, 0.1) is 5.82 Å². The summed E-state index contributed by atoms with van der Waals surface area (Å²) in [4.78, 5) is 13.8. The molecule has 3 rings (SSSR count). The molecule has 0 aliphatic heterocycles. The molecule has 1 aromatic heterocycles. The van der Waals surface area contributed by atoms with Crippen LogP contribution in [0.3, 0.4) is 0 Å². The molecule has 2 aromatic carbocycles. The summed E-state index contributed by atoms with van der Waals surface area (Å²) in [5, 5.41) is 2.90. The lowest BCUT2D eigenvalue weighted by atomic mass is 10.2. The maximum Gasteiger partial charge on any atom is 0.261 e. The first kappa shape index (κ1) is 16.2. The highest BCUT2D eigenvalue weighted by molar-refractivity contribution is 7.17. The van der Waals surface area contributed by atoms with E-state index in [9.17, 15) is 9.18 Å². The van der Waals surface area contributed by atoms with Gasteiger partial charge < -0.3 is 10.1 Å². The fraction of sp³-hybridized carbons (Fsp3) is 0.105. The van der Waals surface area contributed by atoms with Gasteiger partial charge in [-0.15, -0.1) is 11.3 Å². The Hall–Kier alpha value is -2.66. The Kier molecular flexibility index (Phi) is 4.91. The Morgan fingerprint density at radius 2 is 1.75 bits per heavy atom. The number of methoxy groups -OCH3 is 1. The highest BCUT2D eigenvalue weighted by Crippen LogP contribution is 2.28. The standard InChI is InChI=1S/C19H16FNO2S/c1-23-16-8-2-13(3-9-16)12-21-19(22)18-11-10-17(24-18)14-4-6-15(20)7-5-14/h2-11H,12H2,1H3,(H,21,22). The van der Waals surface area contributed by atoms with Crippen molar-refractivity contribution in [3.8, 4) is 16.2 Å². The maximum absolute atomic E-state index is 13.0. The molecule has 0 aliphatic rings. The summed E-state index contributed by atoms with van der Waals surface area (Å²) in [6.07, 6.45) is 0. The van der Waals surface area contributed by atoms with Crippen molar-refractivity contribution in [2.45, 2.75) is 6.54 Å². The van der Waals surface area contributed by atoms with Crippen molar-refractivity contribution in [3.63, 3.8) is 0 Å². The normalized spacial score (nSPS) is 10.4. The number of amides is 1. The van der Waals surface area contributed by atoms with Gasteiger partial charge in [-0.3, -0.25) is 4.79 Å². The molecule has 1 N–H and O–H groups in total. The van der Waals surface area contributed by atoms with Gasteiger partial charge >= 0.3 is 0 Å². The predicted molar refractivity (Wildman–Crippen MR) is 93.9 cm³/mol. The first-order valence-electron chi connectivity index (χ1n) is 7.42. The van der Waals surface area contributed by atoms with Gasteiger partial charge in [-0.25, -0.2) is 4.39 Å². The molecule has 0 fully saturated rings. The monoisotopic (exact) mass is 341 g/mol. The Balaban J connectivity index is 1.64. The number of carbonyl (C=O) groups is 1. The first-order valence-corrected chi connectivity index (χ1v) is 8.24. The van der Waals surface area contributed by atoms with Crippen LogP contribution < -0.4 is 10.1 Å². The molecule has 0 aliphatic carbocycles. The fourth-order valence-electron chi connectivity index (χ4n) is 2.24. The van der Waals surface area contributed by atoms with Gasteiger partial charge in [0.2, 0.25) is 0 Å². The van der Waals surface area contributed by atoms with Gasteiger partial charge in [0.05, 0.1) is 12.0 Å². The number of benzene rings is 2. The molecular formula is C19H16FNO2S. The van der Waals surface area contributed by atoms with E-state index < -0.39 is 0 Å². The molecule has 0 saturated heterocycles. The van der Waals surface area contributed by atoms with Crippen molar-refractivity contribution in [1.82, 2.24) is 5.32 Å². The fourth-order valence-corrected chi connectivity index (χ4v) is 3.17. The van der Waals surface area contributed by atoms with E-state index in [4.69, 9.17) is 4.74 Å². The first-order chi connectivity index (χ1) is 11.7. The number of carbonyl (C=O) groups excluding carboxylic acids is 1. The summed E-state index contributed by atoms with van der Waals surface area (Å²) in [5.41, 5.74) is 1.90. The van der Waals surface area contributed by atoms with Crippen LogP contribution in [0.5, 0.6) is 5.75 Å². The summed E-state index contributed by atoms with van der Waals surface area (Å²) in [7, 11) is 1.62. The summed E-state index contributed by atoms with van der Waals surface area (Å²) in [6, 6.07) is 17.5. The predicted octanol–water partition coefficient (Wildman–Crippen LogP) is 4.49. The molecule has 0 unspecified atom stereocenters. The Morgan fingerprint density at radius 1 is 1.04 bits per heavy atom. The van der Waals surface area contributed by atoms with Gasteiger partial charge in [0.1, 0.15) is 11.6 Å². The second-order valence-electron chi connectivity index (χ2n) is 5.20. The lowest BCUT2D eigenvalue weighted by molar-refractivity contribution is 0.0955. The van der Waals surface area contributed by atoms with E-state index in [2.05, 4.69) is 5.32 Å². The Labute approximate surface area is 143 Å². The number of rotatable bonds is 5. The largest absolute Gasteiger partial charge is 0.497 e. The van der Waals surface area contributed by atoms with Crippen molar-refractivity contribution in [1.29, 1.82) is 0 Å². The molecule has 0 atom stereocenters. The molecule has 1 heterocycles. The molecule has 3 nitrogen and oxygen atoms in total. The highest BCUT2D eigenvalue weighted by atomic mass is 32.1. The maximum atomic E-state index is 13.0. The van der Waals surface area contributed by atoms with Gasteiger partial charge in [0.15, 0.2) is 0 Å². The van der Waals surface area contributed by atoms with Crippen LogP contribution in [0.15, 0.2) is 60.7 Å². The van der Waals surface area contributed by atoms with Gasteiger partial charge in [-0.2, -0.15) is 0 Å². The van der Waals surface area contributed by atoms with Crippen LogP contribution in [-0.4, -0.2) is 13.0 Å². The zero-order chi connectivity index (χ0) is 16.9. The third kappa shape index (κ3) is 3.81. The van der Waals surface area contributed by atoms with Crippen molar-refractivity contribution in [2.75, 3.05) is 7.11 Å². The number of ether oxygens (including phenoxy) is 1. The van der Waals surface area contributed by atoms with Crippen LogP contribution in [0.2, 0.25) is 0 Å². The number of hydrogen-bond acceptors (Lipinski definition) is 3. The van der Waals surface area contributed by atoms with Gasteiger partial charge in [-0.05, 0) is 47.5 Å². The van der Waals surface area contributed by atoms with Crippen LogP contribution in [0.25, 0.3) is 10.4 Å². The van der Waals surface area contributed by atoms with E-state index in [0.717, 1.165) is 21.8 Å². The molecule has 5 heteroatoms. The number of hydrogen-bond donors (Lipinski definition) is 1. The van der Waals surface area contributed by atoms with Gasteiger partial charge in [0, 0.05) is 11.4 Å². The zero-order valence-electron chi connectivity index (χ0n) is 13.1. The molecule has 24 heavy (non-hydrogen) atoms. The van der Waals surface area contributed by atoms with E-state index in [1.54, 1.807) is 25.3 Å². The van der Waals surface area contributed by atoms with Crippen molar-refractivity contribution < 1.29 is 13.9 Å². The average molecular weight is 341 g/mol. The van der Waals surface area contributed by atoms with Crippen LogP contribution in [-0.2, 0) is 6.54 Å². The third-order valence-electron chi connectivity index (χ3n) is 3.57. The second kappa shape index (κ2) is 7.27. The molecular weight excluding hydrogens is 325 g/mol. The highest BCUT2D eigenvalue weighted by Gasteiger charge is 2.10. The van der Waals surface area contributed by atoms with Gasteiger partial charge in [-0.1, -0.05) is 24.3 Å². The van der Waals surface area contributed by atoms with E-state index in [0.29, 0.717) is 11.4 Å². The molecule has 3 aromatic rings. The Bertz CT molecular complexity index is 825. The minimum absolute atomic E-state index is 0.121. The van der Waals surface area contributed by atoms with Crippen LogP contribution in [0.1, 0.15) is 15.2 Å². The minimum Gasteiger partial charge on any atom is -0.497 e. The summed E-state index contributed by atoms with van der Waals surface area (Å²) < 4.78 is 18.1. The zero-order valence-corrected chi connectivity index (χ0v) is 13.9. The number of nitrogens with one attached hydrogen (secondary N) is 1. The lowest BCUT2D eigenvalue weighted by Crippen LogP contribution is -2.21. The smallest absolute Gasteiger partial charge is 0.261 e. The molecule has 0 saturated carbocycles. The van der Waals surface area contributed by atoms with Crippen molar-refractivity contribution >= 4 is 17.2 Å². The molecule has 122 valence electrons. The van der Waals surface area contributed by atoms with E-state index in [-0.39, 0.29) is 11.7 Å². The molecule has 0 radical (unpaired) electrons. The number of thiophene rings is 1. The molecule has 0 bridgehead atoms. The molecule has 1 amide bonds. The quantitative estimate of drug-likeness (QED) is 0.742. The minimum atomic E-state index is -0.271. The Morgan fingerprint density at radius 3 is 2.42 bits per heavy atom. The summed E-state index contributed by atoms with van der Waals surface area (Å²) in [6.45, 7) is 0.451. The third-order valence-corrected chi connectivity index (χ3v) is 4.70. The summed E-state index contributed by atoms with van der Waals surface area (Å²) in [5.74, 6) is 0.393. The number of halogens is 1. The second-order valence-corrected chi connectivity index (χ2v) is 6.29. The van der Waals surface area contributed by atoms with E-state index in [1.807, 2.05) is 30.3 Å². The lowest BCUT2D eigenvalue weighted by Gasteiger charge is -2.05. The van der Waals surface area contributed by atoms with Crippen LogP contribution in [0.4, 0.5) is 4.39 Å². The van der Waals surface area contributed by atoms with E-state index in [1.165, 1.54) is 23.5 Å².